The van der Waals surface area contributed by atoms with Gasteiger partial charge < -0.3 is 20.1 Å². The summed E-state index contributed by atoms with van der Waals surface area (Å²) >= 11 is 0. The zero-order chi connectivity index (χ0) is 21.7. The van der Waals surface area contributed by atoms with E-state index in [1.807, 2.05) is 0 Å². The SMILES string of the molecule is NC(=O)c1ncccc1OCC1CCCN1C(=O)c1ccc(OCC(F)(F)F)cc1. The highest BCUT2D eigenvalue weighted by molar-refractivity contribution is 5.95. The van der Waals surface area contributed by atoms with E-state index in [0.29, 0.717) is 18.5 Å². The normalized spacial score (nSPS) is 16.4. The highest BCUT2D eigenvalue weighted by atomic mass is 19.4. The summed E-state index contributed by atoms with van der Waals surface area (Å²) in [6.45, 7) is -0.715. The van der Waals surface area contributed by atoms with Crippen LogP contribution in [0, 0.1) is 0 Å². The number of nitrogens with two attached hydrogens (primary N) is 1. The van der Waals surface area contributed by atoms with Crippen LogP contribution in [0.1, 0.15) is 33.7 Å². The van der Waals surface area contributed by atoms with Crippen molar-refractivity contribution in [2.45, 2.75) is 25.1 Å². The fourth-order valence-electron chi connectivity index (χ4n) is 3.18. The summed E-state index contributed by atoms with van der Waals surface area (Å²) in [4.78, 5) is 29.8. The van der Waals surface area contributed by atoms with Gasteiger partial charge in [0, 0.05) is 18.3 Å². The molecule has 0 saturated carbocycles. The molecule has 160 valence electrons. The third-order valence-corrected chi connectivity index (χ3v) is 4.58. The Kier molecular flexibility index (Phi) is 6.43. The lowest BCUT2D eigenvalue weighted by Crippen LogP contribution is -2.39. The molecule has 3 rings (SSSR count). The number of ether oxygens (including phenoxy) is 2. The van der Waals surface area contributed by atoms with E-state index < -0.39 is 18.7 Å². The zero-order valence-electron chi connectivity index (χ0n) is 15.9. The summed E-state index contributed by atoms with van der Waals surface area (Å²) < 4.78 is 47.1. The molecule has 2 N–H and O–H groups in total. The average molecular weight is 423 g/mol. The third-order valence-electron chi connectivity index (χ3n) is 4.58. The molecule has 0 radical (unpaired) electrons. The standard InChI is InChI=1S/C20H20F3N3O4/c21-20(22,23)12-30-15-7-5-13(6-8-15)19(28)26-10-2-3-14(26)11-29-16-4-1-9-25-17(16)18(24)27/h1,4-9,14H,2-3,10-12H2,(H2,24,27). The number of hydrogen-bond acceptors (Lipinski definition) is 5. The summed E-state index contributed by atoms with van der Waals surface area (Å²) in [6.07, 6.45) is -1.51. The molecule has 2 heterocycles. The Morgan fingerprint density at radius 1 is 1.17 bits per heavy atom. The number of halogens is 3. The number of nitrogens with zero attached hydrogens (tertiary/aromatic N) is 2. The van der Waals surface area contributed by atoms with Gasteiger partial charge in [-0.25, -0.2) is 4.98 Å². The zero-order valence-corrected chi connectivity index (χ0v) is 15.9. The molecule has 0 aliphatic carbocycles. The Morgan fingerprint density at radius 2 is 1.90 bits per heavy atom. The lowest BCUT2D eigenvalue weighted by Gasteiger charge is -2.25. The Hall–Kier alpha value is -3.30. The lowest BCUT2D eigenvalue weighted by atomic mass is 10.1. The molecule has 1 atom stereocenters. The maximum Gasteiger partial charge on any atom is 0.422 e. The summed E-state index contributed by atoms with van der Waals surface area (Å²) in [5.74, 6) is -0.696. The predicted molar refractivity (Wildman–Crippen MR) is 100 cm³/mol. The number of rotatable bonds is 7. The van der Waals surface area contributed by atoms with E-state index in [4.69, 9.17) is 10.5 Å². The van der Waals surface area contributed by atoms with Gasteiger partial charge in [0.15, 0.2) is 18.1 Å². The van der Waals surface area contributed by atoms with Crippen LogP contribution >= 0.6 is 0 Å². The highest BCUT2D eigenvalue weighted by Gasteiger charge is 2.31. The van der Waals surface area contributed by atoms with Crippen molar-refractivity contribution in [3.8, 4) is 11.5 Å². The molecule has 1 saturated heterocycles. The summed E-state index contributed by atoms with van der Waals surface area (Å²) in [5, 5.41) is 0. The molecular weight excluding hydrogens is 403 g/mol. The van der Waals surface area contributed by atoms with Crippen LogP contribution in [0.2, 0.25) is 0 Å². The smallest absolute Gasteiger partial charge is 0.422 e. The monoisotopic (exact) mass is 423 g/mol. The molecule has 10 heteroatoms. The van der Waals surface area contributed by atoms with Gasteiger partial charge in [0.05, 0.1) is 6.04 Å². The second kappa shape index (κ2) is 9.02. The number of pyridine rings is 1. The first-order chi connectivity index (χ1) is 14.2. The number of carbonyl (C=O) groups excluding carboxylic acids is 2. The van der Waals surface area contributed by atoms with E-state index in [9.17, 15) is 22.8 Å². The first-order valence-corrected chi connectivity index (χ1v) is 9.23. The maximum absolute atomic E-state index is 12.8. The van der Waals surface area contributed by atoms with Gasteiger partial charge in [-0.3, -0.25) is 9.59 Å². The van der Waals surface area contributed by atoms with Gasteiger partial charge in [-0.2, -0.15) is 13.2 Å². The molecule has 30 heavy (non-hydrogen) atoms. The second-order valence-corrected chi connectivity index (χ2v) is 6.75. The number of carbonyl (C=O) groups is 2. The Labute approximate surface area is 170 Å². The lowest BCUT2D eigenvalue weighted by molar-refractivity contribution is -0.153. The van der Waals surface area contributed by atoms with Crippen LogP contribution in [-0.4, -0.2) is 53.7 Å². The minimum absolute atomic E-state index is 0.0165. The van der Waals surface area contributed by atoms with Crippen molar-refractivity contribution in [3.63, 3.8) is 0 Å². The van der Waals surface area contributed by atoms with Crippen molar-refractivity contribution in [1.29, 1.82) is 0 Å². The number of hydrogen-bond donors (Lipinski definition) is 1. The van der Waals surface area contributed by atoms with Crippen LogP contribution in [0.15, 0.2) is 42.6 Å². The molecular formula is C20H20F3N3O4. The summed E-state index contributed by atoms with van der Waals surface area (Å²) in [7, 11) is 0. The molecule has 1 aliphatic heterocycles. The van der Waals surface area contributed by atoms with Crippen LogP contribution in [0.4, 0.5) is 13.2 Å². The van der Waals surface area contributed by atoms with Gasteiger partial charge in [-0.1, -0.05) is 0 Å². The Balaban J connectivity index is 1.62. The number of aromatic nitrogens is 1. The number of benzene rings is 1. The van der Waals surface area contributed by atoms with Crippen LogP contribution in [0.25, 0.3) is 0 Å². The summed E-state index contributed by atoms with van der Waals surface area (Å²) in [5.41, 5.74) is 5.64. The van der Waals surface area contributed by atoms with E-state index in [1.165, 1.54) is 30.5 Å². The molecule has 1 aromatic carbocycles. The van der Waals surface area contributed by atoms with E-state index in [-0.39, 0.29) is 35.7 Å². The first kappa shape index (κ1) is 21.4. The van der Waals surface area contributed by atoms with Crippen molar-refractivity contribution in [2.75, 3.05) is 19.8 Å². The molecule has 1 fully saturated rings. The minimum atomic E-state index is -4.43. The van der Waals surface area contributed by atoms with E-state index in [2.05, 4.69) is 9.72 Å². The maximum atomic E-state index is 12.8. The fraction of sp³-hybridized carbons (Fsp3) is 0.350. The van der Waals surface area contributed by atoms with Gasteiger partial charge in [-0.15, -0.1) is 0 Å². The second-order valence-electron chi connectivity index (χ2n) is 6.75. The van der Waals surface area contributed by atoms with Crippen LogP contribution in [0.3, 0.4) is 0 Å². The van der Waals surface area contributed by atoms with Crippen molar-refractivity contribution in [2.24, 2.45) is 5.73 Å². The minimum Gasteiger partial charge on any atom is -0.489 e. The van der Waals surface area contributed by atoms with Crippen molar-refractivity contribution in [1.82, 2.24) is 9.88 Å². The molecule has 0 spiro atoms. The molecule has 1 unspecified atom stereocenters. The highest BCUT2D eigenvalue weighted by Crippen LogP contribution is 2.24. The van der Waals surface area contributed by atoms with Crippen LogP contribution < -0.4 is 15.2 Å². The molecule has 2 aromatic rings. The van der Waals surface area contributed by atoms with Crippen LogP contribution in [0.5, 0.6) is 11.5 Å². The third kappa shape index (κ3) is 5.40. The molecule has 1 aromatic heterocycles. The van der Waals surface area contributed by atoms with Gasteiger partial charge in [0.25, 0.3) is 11.8 Å². The van der Waals surface area contributed by atoms with Gasteiger partial charge in [0.1, 0.15) is 12.4 Å². The first-order valence-electron chi connectivity index (χ1n) is 9.23. The van der Waals surface area contributed by atoms with Gasteiger partial charge in [0.2, 0.25) is 0 Å². The molecule has 2 amide bonds. The van der Waals surface area contributed by atoms with Crippen molar-refractivity contribution in [3.05, 3.63) is 53.9 Å². The van der Waals surface area contributed by atoms with E-state index in [1.54, 1.807) is 17.0 Å². The number of alkyl halides is 3. The van der Waals surface area contributed by atoms with E-state index in [0.717, 1.165) is 6.42 Å². The molecule has 1 aliphatic rings. The van der Waals surface area contributed by atoms with Crippen molar-refractivity contribution < 1.29 is 32.2 Å². The quantitative estimate of drug-likeness (QED) is 0.739. The fourth-order valence-corrected chi connectivity index (χ4v) is 3.18. The number of primary amides is 1. The van der Waals surface area contributed by atoms with Crippen molar-refractivity contribution >= 4 is 11.8 Å². The predicted octanol–water partition coefficient (Wildman–Crippen LogP) is 2.81. The number of amides is 2. The Bertz CT molecular complexity index is 903. The molecule has 0 bridgehead atoms. The van der Waals surface area contributed by atoms with E-state index >= 15 is 0 Å². The van der Waals surface area contributed by atoms with Gasteiger partial charge in [-0.05, 0) is 49.2 Å². The average Bonchev–Trinajstić information content (AvgIpc) is 3.19. The number of likely N-dealkylation sites (tertiary alicyclic amines) is 1. The van der Waals surface area contributed by atoms with Gasteiger partial charge >= 0.3 is 6.18 Å². The molecule has 7 nitrogen and oxygen atoms in total. The Morgan fingerprint density at radius 3 is 2.57 bits per heavy atom. The van der Waals surface area contributed by atoms with Crippen LogP contribution in [-0.2, 0) is 0 Å². The largest absolute Gasteiger partial charge is 0.489 e. The summed E-state index contributed by atoms with van der Waals surface area (Å²) in [6, 6.07) is 8.48. The topological polar surface area (TPSA) is 94.8 Å².